The minimum Gasteiger partial charge on any atom is -0.484 e. The van der Waals surface area contributed by atoms with Gasteiger partial charge in [-0.15, -0.1) is 0 Å². The summed E-state index contributed by atoms with van der Waals surface area (Å²) in [6.45, 7) is 5.65. The van der Waals surface area contributed by atoms with E-state index < -0.39 is 0 Å². The summed E-state index contributed by atoms with van der Waals surface area (Å²) in [7, 11) is 0. The van der Waals surface area contributed by atoms with Gasteiger partial charge < -0.3 is 15.4 Å². The van der Waals surface area contributed by atoms with Gasteiger partial charge in [-0.25, -0.2) is 0 Å². The number of rotatable bonds is 5. The molecule has 0 aromatic heterocycles. The van der Waals surface area contributed by atoms with Gasteiger partial charge in [0.1, 0.15) is 5.75 Å². The molecule has 24 heavy (non-hydrogen) atoms. The van der Waals surface area contributed by atoms with E-state index in [2.05, 4.69) is 10.6 Å². The summed E-state index contributed by atoms with van der Waals surface area (Å²) >= 11 is 0. The number of hydrogen-bond acceptors (Lipinski definition) is 3. The number of nitrogens with one attached hydrogen (secondary N) is 2. The molecular formula is C19H22N2O3. The number of anilines is 1. The summed E-state index contributed by atoms with van der Waals surface area (Å²) in [6.07, 6.45) is 0. The largest absolute Gasteiger partial charge is 0.484 e. The van der Waals surface area contributed by atoms with Crippen LogP contribution < -0.4 is 15.4 Å². The van der Waals surface area contributed by atoms with Crippen molar-refractivity contribution >= 4 is 17.5 Å². The van der Waals surface area contributed by atoms with Gasteiger partial charge in [0.15, 0.2) is 6.61 Å². The molecule has 0 aliphatic carbocycles. The standard InChI is InChI=1S/C19H22N2O3/c1-19(2,3)21-18(23)14-8-7-9-15(12-14)20-17(22)13-24-16-10-5-4-6-11-16/h4-12H,13H2,1-3H3,(H,20,22)(H,21,23). The molecule has 0 saturated heterocycles. The van der Waals surface area contributed by atoms with Crippen LogP contribution >= 0.6 is 0 Å². The number of carbonyl (C=O) groups is 2. The van der Waals surface area contributed by atoms with Crippen molar-refractivity contribution in [1.29, 1.82) is 0 Å². The van der Waals surface area contributed by atoms with Crippen molar-refractivity contribution in [3.63, 3.8) is 0 Å². The fourth-order valence-electron chi connectivity index (χ4n) is 2.01. The van der Waals surface area contributed by atoms with Crippen molar-refractivity contribution in [1.82, 2.24) is 5.32 Å². The van der Waals surface area contributed by atoms with Crippen LogP contribution in [0.1, 0.15) is 31.1 Å². The maximum Gasteiger partial charge on any atom is 0.262 e. The third-order valence-electron chi connectivity index (χ3n) is 3.01. The fourth-order valence-corrected chi connectivity index (χ4v) is 2.01. The topological polar surface area (TPSA) is 67.4 Å². The van der Waals surface area contributed by atoms with E-state index in [1.54, 1.807) is 36.4 Å². The average Bonchev–Trinajstić information content (AvgIpc) is 2.52. The van der Waals surface area contributed by atoms with Crippen LogP contribution in [-0.2, 0) is 4.79 Å². The zero-order valence-electron chi connectivity index (χ0n) is 14.1. The lowest BCUT2D eigenvalue weighted by molar-refractivity contribution is -0.118. The van der Waals surface area contributed by atoms with E-state index >= 15 is 0 Å². The molecule has 2 N–H and O–H groups in total. The minimum atomic E-state index is -0.320. The first-order chi connectivity index (χ1) is 11.3. The Kier molecular flexibility index (Phi) is 5.58. The maximum atomic E-state index is 12.2. The highest BCUT2D eigenvalue weighted by Gasteiger charge is 2.15. The smallest absolute Gasteiger partial charge is 0.262 e. The van der Waals surface area contributed by atoms with Gasteiger partial charge in [0, 0.05) is 16.8 Å². The van der Waals surface area contributed by atoms with E-state index in [4.69, 9.17) is 4.74 Å². The Bertz CT molecular complexity index is 706. The highest BCUT2D eigenvalue weighted by atomic mass is 16.5. The van der Waals surface area contributed by atoms with Crippen molar-refractivity contribution in [3.05, 3.63) is 60.2 Å². The first-order valence-electron chi connectivity index (χ1n) is 7.74. The molecule has 0 aliphatic rings. The predicted molar refractivity (Wildman–Crippen MR) is 94.2 cm³/mol. The Hall–Kier alpha value is -2.82. The third-order valence-corrected chi connectivity index (χ3v) is 3.01. The lowest BCUT2D eigenvalue weighted by Crippen LogP contribution is -2.40. The van der Waals surface area contributed by atoms with E-state index in [9.17, 15) is 9.59 Å². The van der Waals surface area contributed by atoms with Crippen LogP contribution in [0.2, 0.25) is 0 Å². The van der Waals surface area contributed by atoms with Gasteiger partial charge in [0.2, 0.25) is 0 Å². The van der Waals surface area contributed by atoms with Crippen LogP contribution in [0.4, 0.5) is 5.69 Å². The zero-order chi connectivity index (χ0) is 17.6. The summed E-state index contributed by atoms with van der Waals surface area (Å²) in [5, 5.41) is 5.61. The quantitative estimate of drug-likeness (QED) is 0.886. The molecule has 2 rings (SSSR count). The van der Waals surface area contributed by atoms with Crippen molar-refractivity contribution < 1.29 is 14.3 Å². The second kappa shape index (κ2) is 7.64. The van der Waals surface area contributed by atoms with E-state index in [1.165, 1.54) is 0 Å². The maximum absolute atomic E-state index is 12.2. The molecule has 5 heteroatoms. The molecule has 2 aromatic carbocycles. The SMILES string of the molecule is CC(C)(C)NC(=O)c1cccc(NC(=O)COc2ccccc2)c1. The second-order valence-corrected chi connectivity index (χ2v) is 6.43. The van der Waals surface area contributed by atoms with Crippen LogP contribution in [0.15, 0.2) is 54.6 Å². The Morgan fingerprint density at radius 3 is 2.38 bits per heavy atom. The second-order valence-electron chi connectivity index (χ2n) is 6.43. The molecule has 0 bridgehead atoms. The molecule has 0 aliphatic heterocycles. The molecule has 0 fully saturated rings. The van der Waals surface area contributed by atoms with Gasteiger partial charge >= 0.3 is 0 Å². The van der Waals surface area contributed by atoms with Crippen LogP contribution in [0, 0.1) is 0 Å². The van der Waals surface area contributed by atoms with Gasteiger partial charge in [0.05, 0.1) is 0 Å². The molecule has 0 heterocycles. The van der Waals surface area contributed by atoms with Crippen molar-refractivity contribution in [2.24, 2.45) is 0 Å². The molecule has 0 saturated carbocycles. The van der Waals surface area contributed by atoms with E-state index in [-0.39, 0.29) is 24.0 Å². The summed E-state index contributed by atoms with van der Waals surface area (Å²) in [5.74, 6) is 0.164. The Morgan fingerprint density at radius 2 is 1.71 bits per heavy atom. The van der Waals surface area contributed by atoms with Gasteiger partial charge in [-0.1, -0.05) is 24.3 Å². The third kappa shape index (κ3) is 5.76. The van der Waals surface area contributed by atoms with Crippen molar-refractivity contribution in [2.45, 2.75) is 26.3 Å². The molecule has 0 unspecified atom stereocenters. The number of amides is 2. The van der Waals surface area contributed by atoms with Gasteiger partial charge in [-0.05, 0) is 51.1 Å². The predicted octanol–water partition coefficient (Wildman–Crippen LogP) is 3.23. The lowest BCUT2D eigenvalue weighted by atomic mass is 10.1. The molecule has 0 atom stereocenters. The molecular weight excluding hydrogens is 304 g/mol. The van der Waals surface area contributed by atoms with Crippen LogP contribution in [0.25, 0.3) is 0 Å². The van der Waals surface area contributed by atoms with Crippen LogP contribution in [0.3, 0.4) is 0 Å². The molecule has 126 valence electrons. The minimum absolute atomic E-state index is 0.0948. The van der Waals surface area contributed by atoms with Crippen LogP contribution in [0.5, 0.6) is 5.75 Å². The number of carbonyl (C=O) groups excluding carboxylic acids is 2. The van der Waals surface area contributed by atoms with E-state index in [1.807, 2.05) is 39.0 Å². The molecule has 2 amide bonds. The highest BCUT2D eigenvalue weighted by Crippen LogP contribution is 2.13. The van der Waals surface area contributed by atoms with Gasteiger partial charge in [-0.2, -0.15) is 0 Å². The van der Waals surface area contributed by atoms with E-state index in [0.29, 0.717) is 17.0 Å². The molecule has 5 nitrogen and oxygen atoms in total. The number of ether oxygens (including phenoxy) is 1. The van der Waals surface area contributed by atoms with E-state index in [0.717, 1.165) is 0 Å². The first kappa shape index (κ1) is 17.5. The monoisotopic (exact) mass is 326 g/mol. The summed E-state index contributed by atoms with van der Waals surface area (Å²) in [6, 6.07) is 15.9. The van der Waals surface area contributed by atoms with Crippen LogP contribution in [-0.4, -0.2) is 24.0 Å². The molecule has 0 radical (unpaired) electrons. The highest BCUT2D eigenvalue weighted by molar-refractivity contribution is 5.97. The summed E-state index contributed by atoms with van der Waals surface area (Å²) < 4.78 is 5.39. The average molecular weight is 326 g/mol. The molecule has 0 spiro atoms. The number of benzene rings is 2. The summed E-state index contributed by atoms with van der Waals surface area (Å²) in [4.78, 5) is 24.1. The summed E-state index contributed by atoms with van der Waals surface area (Å²) in [5.41, 5.74) is 0.727. The Balaban J connectivity index is 1.94. The first-order valence-corrected chi connectivity index (χ1v) is 7.74. The fraction of sp³-hybridized carbons (Fsp3) is 0.263. The normalized spacial score (nSPS) is 10.8. The van der Waals surface area contributed by atoms with Crippen molar-refractivity contribution in [2.75, 3.05) is 11.9 Å². The Morgan fingerprint density at radius 1 is 1.00 bits per heavy atom. The van der Waals surface area contributed by atoms with Gasteiger partial charge in [-0.3, -0.25) is 9.59 Å². The molecule has 2 aromatic rings. The Labute approximate surface area is 142 Å². The van der Waals surface area contributed by atoms with Crippen molar-refractivity contribution in [3.8, 4) is 5.75 Å². The number of hydrogen-bond donors (Lipinski definition) is 2. The lowest BCUT2D eigenvalue weighted by Gasteiger charge is -2.20. The number of para-hydroxylation sites is 1. The van der Waals surface area contributed by atoms with Gasteiger partial charge in [0.25, 0.3) is 11.8 Å². The zero-order valence-corrected chi connectivity index (χ0v) is 14.1.